The van der Waals surface area contributed by atoms with E-state index in [0.29, 0.717) is 18.8 Å². The summed E-state index contributed by atoms with van der Waals surface area (Å²) in [6.07, 6.45) is 2.15. The van der Waals surface area contributed by atoms with Gasteiger partial charge in [-0.05, 0) is 39.8 Å². The molecule has 7 nitrogen and oxygen atoms in total. The lowest BCUT2D eigenvalue weighted by atomic mass is 10.1. The SMILES string of the molecule is CCN(C)C(=O)Cc1c(C)nn(-c2ccc3ncc(C)n3n2)c1C. The van der Waals surface area contributed by atoms with Crippen LogP contribution in [0.25, 0.3) is 11.5 Å². The first-order valence-electron chi connectivity index (χ1n) is 8.03. The van der Waals surface area contributed by atoms with Crippen LogP contribution in [0.3, 0.4) is 0 Å². The standard InChI is InChI=1S/C17H22N6O/c1-6-21(5)17(24)9-14-12(3)19-23(13(14)4)16-8-7-15-18-10-11(2)22(15)20-16/h7-8,10H,6,9H2,1-5H3. The van der Waals surface area contributed by atoms with Crippen molar-refractivity contribution in [3.05, 3.63) is 41.0 Å². The average Bonchev–Trinajstić information content (AvgIpc) is 3.08. The highest BCUT2D eigenvalue weighted by atomic mass is 16.2. The Hall–Kier alpha value is -2.70. The zero-order chi connectivity index (χ0) is 17.4. The minimum Gasteiger partial charge on any atom is -0.346 e. The number of carbonyl (C=O) groups excluding carboxylic acids is 1. The van der Waals surface area contributed by atoms with Gasteiger partial charge in [0.2, 0.25) is 5.91 Å². The average molecular weight is 326 g/mol. The van der Waals surface area contributed by atoms with Gasteiger partial charge in [-0.2, -0.15) is 5.10 Å². The minimum atomic E-state index is 0.0946. The molecule has 0 saturated carbocycles. The van der Waals surface area contributed by atoms with E-state index in [0.717, 1.165) is 28.3 Å². The molecule has 3 heterocycles. The number of fused-ring (bicyclic) bond motifs is 1. The largest absolute Gasteiger partial charge is 0.346 e. The molecule has 0 unspecified atom stereocenters. The lowest BCUT2D eigenvalue weighted by Gasteiger charge is -2.14. The van der Waals surface area contributed by atoms with Gasteiger partial charge in [0, 0.05) is 24.8 Å². The number of likely N-dealkylation sites (N-methyl/N-ethyl adjacent to an activating group) is 1. The van der Waals surface area contributed by atoms with Gasteiger partial charge in [-0.1, -0.05) is 0 Å². The molecule has 0 aliphatic rings. The van der Waals surface area contributed by atoms with Gasteiger partial charge >= 0.3 is 0 Å². The summed E-state index contributed by atoms with van der Waals surface area (Å²) in [5.41, 5.74) is 4.53. The maximum absolute atomic E-state index is 12.2. The Morgan fingerprint density at radius 2 is 1.96 bits per heavy atom. The molecule has 3 aromatic heterocycles. The number of carbonyl (C=O) groups is 1. The van der Waals surface area contributed by atoms with E-state index in [1.54, 1.807) is 20.3 Å². The van der Waals surface area contributed by atoms with Crippen LogP contribution in [-0.4, -0.2) is 48.8 Å². The Bertz CT molecular complexity index is 907. The number of amides is 1. The highest BCUT2D eigenvalue weighted by Gasteiger charge is 2.18. The van der Waals surface area contributed by atoms with Gasteiger partial charge in [-0.25, -0.2) is 14.2 Å². The molecule has 126 valence electrons. The zero-order valence-electron chi connectivity index (χ0n) is 14.7. The molecule has 0 aliphatic carbocycles. The lowest BCUT2D eigenvalue weighted by molar-refractivity contribution is -0.128. The van der Waals surface area contributed by atoms with Crippen LogP contribution in [0.5, 0.6) is 0 Å². The number of hydrogen-bond acceptors (Lipinski definition) is 4. The van der Waals surface area contributed by atoms with Crippen LogP contribution in [0.1, 0.15) is 29.6 Å². The smallest absolute Gasteiger partial charge is 0.226 e. The van der Waals surface area contributed by atoms with Crippen molar-refractivity contribution in [2.75, 3.05) is 13.6 Å². The van der Waals surface area contributed by atoms with Gasteiger partial charge in [0.05, 0.1) is 24.0 Å². The summed E-state index contributed by atoms with van der Waals surface area (Å²) in [4.78, 5) is 18.2. The second-order valence-electron chi connectivity index (χ2n) is 6.01. The first-order valence-corrected chi connectivity index (χ1v) is 8.03. The fourth-order valence-corrected chi connectivity index (χ4v) is 2.71. The molecule has 0 spiro atoms. The van der Waals surface area contributed by atoms with Crippen molar-refractivity contribution in [1.82, 2.24) is 29.3 Å². The number of aryl methyl sites for hydroxylation is 2. The number of nitrogens with zero attached hydrogens (tertiary/aromatic N) is 6. The predicted molar refractivity (Wildman–Crippen MR) is 91.3 cm³/mol. The summed E-state index contributed by atoms with van der Waals surface area (Å²) in [5, 5.41) is 9.20. The van der Waals surface area contributed by atoms with Crippen LogP contribution in [0.15, 0.2) is 18.3 Å². The molecule has 3 rings (SSSR count). The van der Waals surface area contributed by atoms with Crippen LogP contribution < -0.4 is 0 Å². The molecule has 0 aliphatic heterocycles. The van der Waals surface area contributed by atoms with Crippen molar-refractivity contribution in [3.63, 3.8) is 0 Å². The molecule has 0 fully saturated rings. The van der Waals surface area contributed by atoms with Crippen LogP contribution in [0, 0.1) is 20.8 Å². The minimum absolute atomic E-state index is 0.0946. The van der Waals surface area contributed by atoms with Crippen molar-refractivity contribution in [2.45, 2.75) is 34.1 Å². The maximum atomic E-state index is 12.2. The molecular formula is C17H22N6O. The molecule has 0 radical (unpaired) electrons. The summed E-state index contributed by atoms with van der Waals surface area (Å²) >= 11 is 0. The summed E-state index contributed by atoms with van der Waals surface area (Å²) in [7, 11) is 1.81. The summed E-state index contributed by atoms with van der Waals surface area (Å²) < 4.78 is 3.59. The number of hydrogen-bond donors (Lipinski definition) is 0. The molecule has 0 atom stereocenters. The number of aromatic nitrogens is 5. The van der Waals surface area contributed by atoms with Crippen molar-refractivity contribution in [2.24, 2.45) is 0 Å². The monoisotopic (exact) mass is 326 g/mol. The Morgan fingerprint density at radius 1 is 1.21 bits per heavy atom. The van der Waals surface area contributed by atoms with Crippen LogP contribution >= 0.6 is 0 Å². The van der Waals surface area contributed by atoms with E-state index in [1.807, 2.05) is 46.9 Å². The van der Waals surface area contributed by atoms with E-state index in [4.69, 9.17) is 0 Å². The van der Waals surface area contributed by atoms with Gasteiger partial charge < -0.3 is 4.90 Å². The molecule has 1 amide bonds. The van der Waals surface area contributed by atoms with E-state index in [-0.39, 0.29) is 5.91 Å². The molecule has 3 aromatic rings. The van der Waals surface area contributed by atoms with Gasteiger partial charge in [0.15, 0.2) is 11.5 Å². The van der Waals surface area contributed by atoms with Gasteiger partial charge in [-0.15, -0.1) is 5.10 Å². The fourth-order valence-electron chi connectivity index (χ4n) is 2.71. The first kappa shape index (κ1) is 16.2. The van der Waals surface area contributed by atoms with Crippen molar-refractivity contribution in [1.29, 1.82) is 0 Å². The maximum Gasteiger partial charge on any atom is 0.226 e. The van der Waals surface area contributed by atoms with Crippen LogP contribution in [-0.2, 0) is 11.2 Å². The normalized spacial score (nSPS) is 11.2. The van der Waals surface area contributed by atoms with E-state index >= 15 is 0 Å². The Balaban J connectivity index is 2.01. The second kappa shape index (κ2) is 6.07. The third kappa shape index (κ3) is 2.66. The molecule has 0 aromatic carbocycles. The first-order chi connectivity index (χ1) is 11.4. The second-order valence-corrected chi connectivity index (χ2v) is 6.01. The third-order valence-corrected chi connectivity index (χ3v) is 4.40. The molecule has 7 heteroatoms. The van der Waals surface area contributed by atoms with Gasteiger partial charge in [-0.3, -0.25) is 4.79 Å². The molecule has 0 bridgehead atoms. The van der Waals surface area contributed by atoms with E-state index in [9.17, 15) is 4.79 Å². The van der Waals surface area contributed by atoms with Crippen molar-refractivity contribution < 1.29 is 4.79 Å². The molecule has 24 heavy (non-hydrogen) atoms. The number of imidazole rings is 1. The highest BCUT2D eigenvalue weighted by Crippen LogP contribution is 2.18. The quantitative estimate of drug-likeness (QED) is 0.734. The van der Waals surface area contributed by atoms with Crippen molar-refractivity contribution >= 4 is 11.6 Å². The third-order valence-electron chi connectivity index (χ3n) is 4.40. The lowest BCUT2D eigenvalue weighted by Crippen LogP contribution is -2.28. The molecular weight excluding hydrogens is 304 g/mol. The van der Waals surface area contributed by atoms with E-state index < -0.39 is 0 Å². The summed E-state index contributed by atoms with van der Waals surface area (Å²) in [6, 6.07) is 3.81. The zero-order valence-corrected chi connectivity index (χ0v) is 14.7. The van der Waals surface area contributed by atoms with E-state index in [1.165, 1.54) is 0 Å². The van der Waals surface area contributed by atoms with Crippen LogP contribution in [0.4, 0.5) is 0 Å². The Morgan fingerprint density at radius 3 is 2.67 bits per heavy atom. The molecule has 0 N–H and O–H groups in total. The van der Waals surface area contributed by atoms with E-state index in [2.05, 4.69) is 15.2 Å². The molecule has 0 saturated heterocycles. The predicted octanol–water partition coefficient (Wildman–Crippen LogP) is 1.86. The number of rotatable bonds is 4. The summed E-state index contributed by atoms with van der Waals surface area (Å²) in [5.74, 6) is 0.809. The van der Waals surface area contributed by atoms with Gasteiger partial charge in [0.25, 0.3) is 0 Å². The summed E-state index contributed by atoms with van der Waals surface area (Å²) in [6.45, 7) is 8.53. The van der Waals surface area contributed by atoms with Crippen LogP contribution in [0.2, 0.25) is 0 Å². The topological polar surface area (TPSA) is 68.3 Å². The highest BCUT2D eigenvalue weighted by molar-refractivity contribution is 5.79. The fraction of sp³-hybridized carbons (Fsp3) is 0.412. The van der Waals surface area contributed by atoms with Crippen molar-refractivity contribution in [3.8, 4) is 5.82 Å². The Kier molecular flexibility index (Phi) is 4.09. The van der Waals surface area contributed by atoms with Gasteiger partial charge in [0.1, 0.15) is 0 Å². The Labute approximate surface area is 140 Å².